The summed E-state index contributed by atoms with van der Waals surface area (Å²) >= 11 is 0. The molecule has 2 amide bonds. The Balaban J connectivity index is 1.40. The molecule has 0 saturated carbocycles. The minimum atomic E-state index is -0.137. The molecule has 0 fully saturated rings. The first kappa shape index (κ1) is 19.0. The van der Waals surface area contributed by atoms with Gasteiger partial charge in [-0.15, -0.1) is 0 Å². The van der Waals surface area contributed by atoms with Crippen LogP contribution in [-0.4, -0.2) is 37.4 Å². The topological polar surface area (TPSA) is 89.1 Å². The smallest absolute Gasteiger partial charge is 0.322 e. The van der Waals surface area contributed by atoms with Gasteiger partial charge in [0.05, 0.1) is 6.54 Å². The van der Waals surface area contributed by atoms with Crippen LogP contribution in [0.5, 0.6) is 0 Å². The number of urea groups is 1. The number of carbonyl (C=O) groups excluding carboxylic acids is 1. The first-order chi connectivity index (χ1) is 15.1. The van der Waals surface area contributed by atoms with E-state index in [1.807, 2.05) is 73.3 Å². The van der Waals surface area contributed by atoms with Crippen LogP contribution in [0.1, 0.15) is 16.8 Å². The molecule has 2 aromatic carbocycles. The number of fused-ring (bicyclic) bond motifs is 1. The van der Waals surface area contributed by atoms with E-state index in [1.54, 1.807) is 4.90 Å². The molecule has 0 bridgehead atoms. The zero-order valence-electron chi connectivity index (χ0n) is 17.4. The van der Waals surface area contributed by atoms with Gasteiger partial charge in [-0.3, -0.25) is 4.68 Å². The molecule has 0 unspecified atom stereocenters. The van der Waals surface area contributed by atoms with Gasteiger partial charge in [0.1, 0.15) is 0 Å². The quantitative estimate of drug-likeness (QED) is 0.547. The Morgan fingerprint density at radius 2 is 1.97 bits per heavy atom. The zero-order valence-corrected chi connectivity index (χ0v) is 17.4. The molecule has 5 rings (SSSR count). The molecule has 1 aliphatic heterocycles. The van der Waals surface area contributed by atoms with E-state index in [0.29, 0.717) is 36.9 Å². The fourth-order valence-corrected chi connectivity index (χ4v) is 3.89. The van der Waals surface area contributed by atoms with E-state index in [2.05, 4.69) is 20.6 Å². The number of anilines is 1. The van der Waals surface area contributed by atoms with Gasteiger partial charge >= 0.3 is 6.03 Å². The number of aryl methyl sites for hydroxylation is 2. The zero-order chi connectivity index (χ0) is 21.4. The Labute approximate surface area is 179 Å². The average Bonchev–Trinajstić information content (AvgIpc) is 3.39. The van der Waals surface area contributed by atoms with Crippen LogP contribution in [0.4, 0.5) is 10.5 Å². The Morgan fingerprint density at radius 1 is 1.13 bits per heavy atom. The summed E-state index contributed by atoms with van der Waals surface area (Å²) in [6.45, 7) is 3.04. The van der Waals surface area contributed by atoms with E-state index in [1.165, 1.54) is 0 Å². The molecule has 1 aliphatic rings. The number of hydrogen-bond acceptors (Lipinski definition) is 5. The molecular weight excluding hydrogens is 392 g/mol. The highest BCUT2D eigenvalue weighted by Gasteiger charge is 2.29. The van der Waals surface area contributed by atoms with Crippen molar-refractivity contribution < 1.29 is 9.32 Å². The van der Waals surface area contributed by atoms with Crippen molar-refractivity contribution in [3.8, 4) is 23.0 Å². The molecule has 0 spiro atoms. The molecule has 1 N–H and O–H groups in total. The fourth-order valence-electron chi connectivity index (χ4n) is 3.89. The molecule has 0 saturated heterocycles. The van der Waals surface area contributed by atoms with Crippen molar-refractivity contribution >= 4 is 11.7 Å². The van der Waals surface area contributed by atoms with Crippen LogP contribution in [0.2, 0.25) is 0 Å². The number of aromatic nitrogens is 4. The molecule has 4 aromatic rings. The van der Waals surface area contributed by atoms with Gasteiger partial charge in [0.25, 0.3) is 5.89 Å². The minimum absolute atomic E-state index is 0.137. The highest BCUT2D eigenvalue weighted by Crippen LogP contribution is 2.30. The summed E-state index contributed by atoms with van der Waals surface area (Å²) in [6, 6.07) is 17.3. The second kappa shape index (κ2) is 7.71. The van der Waals surface area contributed by atoms with Gasteiger partial charge in [-0.05, 0) is 24.6 Å². The van der Waals surface area contributed by atoms with Gasteiger partial charge in [-0.2, -0.15) is 10.1 Å². The van der Waals surface area contributed by atoms with Crippen LogP contribution in [0.15, 0.2) is 59.1 Å². The van der Waals surface area contributed by atoms with Crippen LogP contribution < -0.4 is 5.32 Å². The first-order valence-electron chi connectivity index (χ1n) is 10.2. The van der Waals surface area contributed by atoms with Crippen LogP contribution in [-0.2, 0) is 20.0 Å². The van der Waals surface area contributed by atoms with E-state index in [9.17, 15) is 4.79 Å². The van der Waals surface area contributed by atoms with E-state index >= 15 is 0 Å². The van der Waals surface area contributed by atoms with E-state index in [0.717, 1.165) is 28.1 Å². The highest BCUT2D eigenvalue weighted by molar-refractivity contribution is 5.89. The van der Waals surface area contributed by atoms with Gasteiger partial charge in [0, 0.05) is 42.5 Å². The van der Waals surface area contributed by atoms with Crippen LogP contribution >= 0.6 is 0 Å². The third-order valence-corrected chi connectivity index (χ3v) is 5.46. The summed E-state index contributed by atoms with van der Waals surface area (Å²) < 4.78 is 7.37. The van der Waals surface area contributed by atoms with Crippen molar-refractivity contribution in [1.82, 2.24) is 24.8 Å². The van der Waals surface area contributed by atoms with Gasteiger partial charge in [-0.25, -0.2) is 4.79 Å². The summed E-state index contributed by atoms with van der Waals surface area (Å²) in [5.74, 6) is 0.872. The number of amides is 2. The second-order valence-electron chi connectivity index (χ2n) is 7.66. The number of hydrogen-bond donors (Lipinski definition) is 1. The largest absolute Gasteiger partial charge is 0.332 e. The fraction of sp³-hybridized carbons (Fsp3) is 0.217. The van der Waals surface area contributed by atoms with E-state index in [-0.39, 0.29) is 6.03 Å². The summed E-state index contributed by atoms with van der Waals surface area (Å²) in [5, 5.41) is 11.7. The van der Waals surface area contributed by atoms with Crippen LogP contribution in [0, 0.1) is 6.92 Å². The molecule has 8 heteroatoms. The van der Waals surface area contributed by atoms with Crippen molar-refractivity contribution in [1.29, 1.82) is 0 Å². The lowest BCUT2D eigenvalue weighted by Crippen LogP contribution is -2.39. The maximum Gasteiger partial charge on any atom is 0.322 e. The summed E-state index contributed by atoms with van der Waals surface area (Å²) in [4.78, 5) is 19.2. The van der Waals surface area contributed by atoms with Crippen LogP contribution in [0.3, 0.4) is 0 Å². The third kappa shape index (κ3) is 3.68. The summed E-state index contributed by atoms with van der Waals surface area (Å²) in [5.41, 5.74) is 5.40. The molecule has 0 radical (unpaired) electrons. The Kier molecular flexibility index (Phi) is 4.74. The first-order valence-corrected chi connectivity index (χ1v) is 10.2. The summed E-state index contributed by atoms with van der Waals surface area (Å²) in [7, 11) is 1.90. The highest BCUT2D eigenvalue weighted by atomic mass is 16.5. The molecule has 156 valence electrons. The second-order valence-corrected chi connectivity index (χ2v) is 7.66. The van der Waals surface area contributed by atoms with Crippen molar-refractivity contribution in [2.75, 3.05) is 11.9 Å². The molecule has 31 heavy (non-hydrogen) atoms. The molecule has 8 nitrogen and oxygen atoms in total. The lowest BCUT2D eigenvalue weighted by Gasteiger charge is -2.27. The predicted octanol–water partition coefficient (Wildman–Crippen LogP) is 4.04. The van der Waals surface area contributed by atoms with Gasteiger partial charge in [-0.1, -0.05) is 47.6 Å². The Bertz CT molecular complexity index is 1240. The van der Waals surface area contributed by atoms with Gasteiger partial charge in [0.2, 0.25) is 5.82 Å². The predicted molar refractivity (Wildman–Crippen MR) is 116 cm³/mol. The molecule has 0 aliphatic carbocycles. The molecule has 2 aromatic heterocycles. The normalized spacial score (nSPS) is 13.2. The number of carbonyl (C=O) groups is 1. The number of nitrogens with zero attached hydrogens (tertiary/aromatic N) is 5. The molecule has 3 heterocycles. The summed E-state index contributed by atoms with van der Waals surface area (Å²) in [6.07, 6.45) is 0.708. The average molecular weight is 414 g/mol. The van der Waals surface area contributed by atoms with Crippen molar-refractivity contribution in [2.45, 2.75) is 19.9 Å². The van der Waals surface area contributed by atoms with E-state index < -0.39 is 0 Å². The monoisotopic (exact) mass is 414 g/mol. The van der Waals surface area contributed by atoms with Crippen molar-refractivity contribution in [2.24, 2.45) is 7.05 Å². The Hall–Kier alpha value is -3.94. The van der Waals surface area contributed by atoms with Crippen molar-refractivity contribution in [3.63, 3.8) is 0 Å². The lowest BCUT2D eigenvalue weighted by molar-refractivity contribution is 0.206. The number of benzene rings is 2. The minimum Gasteiger partial charge on any atom is -0.332 e. The van der Waals surface area contributed by atoms with Crippen LogP contribution in [0.25, 0.3) is 23.0 Å². The number of rotatable bonds is 3. The Morgan fingerprint density at radius 3 is 2.77 bits per heavy atom. The SMILES string of the molecule is Cc1cccc(NC(=O)N2CCc3c(c(-c4nc(-c5ccccc5)no4)nn3C)C2)c1. The lowest BCUT2D eigenvalue weighted by atomic mass is 10.1. The molecular formula is C23H22N6O2. The number of nitrogens with one attached hydrogen (secondary N) is 1. The van der Waals surface area contributed by atoms with Gasteiger partial charge < -0.3 is 14.7 Å². The van der Waals surface area contributed by atoms with E-state index in [4.69, 9.17) is 4.52 Å². The maximum absolute atomic E-state index is 12.9. The van der Waals surface area contributed by atoms with Crippen molar-refractivity contribution in [3.05, 3.63) is 71.4 Å². The maximum atomic E-state index is 12.9. The standard InChI is InChI=1S/C23H22N6O2/c1-15-7-6-10-17(13-15)24-23(30)29-12-11-19-18(14-29)20(26-28(19)2)22-25-21(27-31-22)16-8-4-3-5-9-16/h3-10,13H,11-12,14H2,1-2H3,(H,24,30). The third-order valence-electron chi connectivity index (χ3n) is 5.46. The molecule has 0 atom stereocenters. The van der Waals surface area contributed by atoms with Gasteiger partial charge in [0.15, 0.2) is 5.69 Å².